The van der Waals surface area contributed by atoms with Crippen molar-refractivity contribution >= 4 is 5.69 Å². The molecule has 0 spiro atoms. The van der Waals surface area contributed by atoms with Gasteiger partial charge in [0, 0.05) is 19.7 Å². The van der Waals surface area contributed by atoms with Crippen molar-refractivity contribution in [3.8, 4) is 11.8 Å². The molecule has 0 bridgehead atoms. The Balaban J connectivity index is 2.33. The van der Waals surface area contributed by atoms with Crippen molar-refractivity contribution in [1.29, 1.82) is 5.26 Å². The second-order valence-electron chi connectivity index (χ2n) is 4.54. The summed E-state index contributed by atoms with van der Waals surface area (Å²) in [6.45, 7) is 2.85. The first-order chi connectivity index (χ1) is 8.67. The lowest BCUT2D eigenvalue weighted by atomic mass is 10.1. The van der Waals surface area contributed by atoms with Crippen LogP contribution in [0, 0.1) is 11.3 Å². The van der Waals surface area contributed by atoms with Crippen LogP contribution in [0.2, 0.25) is 0 Å². The predicted molar refractivity (Wildman–Crippen MR) is 69.9 cm³/mol. The van der Waals surface area contributed by atoms with E-state index in [9.17, 15) is 5.26 Å². The fourth-order valence-corrected chi connectivity index (χ4v) is 2.43. The summed E-state index contributed by atoms with van der Waals surface area (Å²) in [5.74, 6) is 0.766. The van der Waals surface area contributed by atoms with Gasteiger partial charge < -0.3 is 14.4 Å². The van der Waals surface area contributed by atoms with E-state index in [4.69, 9.17) is 9.47 Å². The standard InChI is InChI=1S/C14H18N2O2/c1-10-13(6-7-18-10)16(2)14-8-12(17-3)5-4-11(14)9-15/h4-5,8,10,13H,6-7H2,1-3H3. The molecule has 0 radical (unpaired) electrons. The molecule has 0 aliphatic carbocycles. The van der Waals surface area contributed by atoms with Gasteiger partial charge in [0.15, 0.2) is 0 Å². The zero-order valence-electron chi connectivity index (χ0n) is 11.0. The van der Waals surface area contributed by atoms with Crippen molar-refractivity contribution < 1.29 is 9.47 Å². The molecule has 96 valence electrons. The van der Waals surface area contributed by atoms with Crippen molar-refractivity contribution in [3.05, 3.63) is 23.8 Å². The van der Waals surface area contributed by atoms with E-state index in [1.165, 1.54) is 0 Å². The second kappa shape index (κ2) is 5.28. The topological polar surface area (TPSA) is 45.5 Å². The Morgan fingerprint density at radius 1 is 1.50 bits per heavy atom. The van der Waals surface area contributed by atoms with Crippen LogP contribution in [0.1, 0.15) is 18.9 Å². The van der Waals surface area contributed by atoms with E-state index in [0.29, 0.717) is 11.6 Å². The lowest BCUT2D eigenvalue weighted by Gasteiger charge is -2.29. The molecule has 0 amide bonds. The SMILES string of the molecule is COc1ccc(C#N)c(N(C)C2CCOC2C)c1. The van der Waals surface area contributed by atoms with Gasteiger partial charge in [0.25, 0.3) is 0 Å². The van der Waals surface area contributed by atoms with Crippen LogP contribution in [-0.4, -0.2) is 32.9 Å². The largest absolute Gasteiger partial charge is 0.497 e. The Labute approximate surface area is 108 Å². The molecule has 1 aromatic carbocycles. The van der Waals surface area contributed by atoms with Crippen molar-refractivity contribution in [1.82, 2.24) is 0 Å². The zero-order valence-corrected chi connectivity index (χ0v) is 11.0. The number of anilines is 1. The van der Waals surface area contributed by atoms with Crippen LogP contribution in [0.5, 0.6) is 5.75 Å². The normalized spacial score (nSPS) is 22.6. The summed E-state index contributed by atoms with van der Waals surface area (Å²) >= 11 is 0. The van der Waals surface area contributed by atoms with E-state index >= 15 is 0 Å². The molecule has 4 nitrogen and oxygen atoms in total. The number of hydrogen-bond donors (Lipinski definition) is 0. The third-order valence-electron chi connectivity index (χ3n) is 3.54. The van der Waals surface area contributed by atoms with Gasteiger partial charge in [-0.2, -0.15) is 5.26 Å². The maximum atomic E-state index is 9.19. The van der Waals surface area contributed by atoms with Gasteiger partial charge in [-0.15, -0.1) is 0 Å². The average Bonchev–Trinajstić information content (AvgIpc) is 2.83. The molecule has 1 aliphatic heterocycles. The molecule has 0 aromatic heterocycles. The molecular formula is C14H18N2O2. The average molecular weight is 246 g/mol. The van der Waals surface area contributed by atoms with Gasteiger partial charge in [-0.05, 0) is 25.5 Å². The second-order valence-corrected chi connectivity index (χ2v) is 4.54. The molecule has 1 aromatic rings. The first-order valence-corrected chi connectivity index (χ1v) is 6.10. The van der Waals surface area contributed by atoms with Crippen LogP contribution in [-0.2, 0) is 4.74 Å². The maximum Gasteiger partial charge on any atom is 0.121 e. The predicted octanol–water partition coefficient (Wildman–Crippen LogP) is 2.18. The summed E-state index contributed by atoms with van der Waals surface area (Å²) in [6, 6.07) is 8.05. The smallest absolute Gasteiger partial charge is 0.121 e. The van der Waals surface area contributed by atoms with Crippen LogP contribution in [0.3, 0.4) is 0 Å². The Bertz CT molecular complexity index is 467. The first-order valence-electron chi connectivity index (χ1n) is 6.10. The highest BCUT2D eigenvalue weighted by Crippen LogP contribution is 2.30. The number of nitrogens with zero attached hydrogens (tertiary/aromatic N) is 2. The maximum absolute atomic E-state index is 9.19. The Morgan fingerprint density at radius 3 is 2.83 bits per heavy atom. The van der Waals surface area contributed by atoms with Gasteiger partial charge in [0.2, 0.25) is 0 Å². The van der Waals surface area contributed by atoms with Crippen molar-refractivity contribution in [2.75, 3.05) is 25.7 Å². The van der Waals surface area contributed by atoms with Gasteiger partial charge in [-0.25, -0.2) is 0 Å². The molecule has 0 N–H and O–H groups in total. The molecule has 2 unspecified atom stereocenters. The minimum absolute atomic E-state index is 0.188. The molecule has 1 saturated heterocycles. The number of rotatable bonds is 3. The third kappa shape index (κ3) is 2.27. The summed E-state index contributed by atoms with van der Waals surface area (Å²) in [5.41, 5.74) is 1.57. The Morgan fingerprint density at radius 2 is 2.28 bits per heavy atom. The lowest BCUT2D eigenvalue weighted by molar-refractivity contribution is 0.118. The molecule has 0 saturated carbocycles. The van der Waals surface area contributed by atoms with Crippen molar-refractivity contribution in [2.45, 2.75) is 25.5 Å². The van der Waals surface area contributed by atoms with E-state index in [-0.39, 0.29) is 6.10 Å². The summed E-state index contributed by atoms with van der Waals surface area (Å²) in [6.07, 6.45) is 1.17. The van der Waals surface area contributed by atoms with Crippen molar-refractivity contribution in [2.24, 2.45) is 0 Å². The molecule has 1 fully saturated rings. The fourth-order valence-electron chi connectivity index (χ4n) is 2.43. The molecule has 2 atom stereocenters. The summed E-state index contributed by atoms with van der Waals surface area (Å²) in [7, 11) is 3.64. The van der Waals surface area contributed by atoms with E-state index in [1.807, 2.05) is 19.2 Å². The fraction of sp³-hybridized carbons (Fsp3) is 0.500. The summed E-state index contributed by atoms with van der Waals surface area (Å²) in [4.78, 5) is 2.12. The molecular weight excluding hydrogens is 228 g/mol. The molecule has 1 aliphatic rings. The van der Waals surface area contributed by atoms with E-state index < -0.39 is 0 Å². The van der Waals surface area contributed by atoms with Crippen molar-refractivity contribution in [3.63, 3.8) is 0 Å². The van der Waals surface area contributed by atoms with E-state index in [0.717, 1.165) is 24.5 Å². The summed E-state index contributed by atoms with van der Waals surface area (Å²) in [5, 5.41) is 9.19. The molecule has 2 rings (SSSR count). The first kappa shape index (κ1) is 12.7. The molecule has 1 heterocycles. The number of nitriles is 1. The zero-order chi connectivity index (χ0) is 13.1. The van der Waals surface area contributed by atoms with Crippen LogP contribution < -0.4 is 9.64 Å². The highest BCUT2D eigenvalue weighted by atomic mass is 16.5. The number of benzene rings is 1. The van der Waals surface area contributed by atoms with Gasteiger partial charge in [0.05, 0.1) is 30.5 Å². The van der Waals surface area contributed by atoms with Crippen LogP contribution in [0.4, 0.5) is 5.69 Å². The molecule has 4 heteroatoms. The van der Waals surface area contributed by atoms with E-state index in [1.54, 1.807) is 13.2 Å². The van der Waals surface area contributed by atoms with Gasteiger partial charge in [0.1, 0.15) is 11.8 Å². The van der Waals surface area contributed by atoms with Crippen LogP contribution in [0.15, 0.2) is 18.2 Å². The quantitative estimate of drug-likeness (QED) is 0.820. The van der Waals surface area contributed by atoms with Gasteiger partial charge in [-0.3, -0.25) is 0 Å². The third-order valence-corrected chi connectivity index (χ3v) is 3.54. The monoisotopic (exact) mass is 246 g/mol. The van der Waals surface area contributed by atoms with Gasteiger partial charge in [-0.1, -0.05) is 0 Å². The van der Waals surface area contributed by atoms with Crippen LogP contribution >= 0.6 is 0 Å². The Kier molecular flexibility index (Phi) is 3.73. The number of ether oxygens (including phenoxy) is 2. The molecule has 18 heavy (non-hydrogen) atoms. The lowest BCUT2D eigenvalue weighted by Crippen LogP contribution is -2.37. The number of methoxy groups -OCH3 is 1. The minimum Gasteiger partial charge on any atom is -0.497 e. The van der Waals surface area contributed by atoms with Gasteiger partial charge >= 0.3 is 0 Å². The number of hydrogen-bond acceptors (Lipinski definition) is 4. The summed E-state index contributed by atoms with van der Waals surface area (Å²) < 4.78 is 10.8. The Hall–Kier alpha value is -1.73. The van der Waals surface area contributed by atoms with Crippen LogP contribution in [0.25, 0.3) is 0 Å². The minimum atomic E-state index is 0.188. The number of likely N-dealkylation sites (N-methyl/N-ethyl adjacent to an activating group) is 1. The highest BCUT2D eigenvalue weighted by Gasteiger charge is 2.29. The highest BCUT2D eigenvalue weighted by molar-refractivity contribution is 5.62. The van der Waals surface area contributed by atoms with E-state index in [2.05, 4.69) is 17.9 Å².